The Bertz CT molecular complexity index is 1000. The predicted octanol–water partition coefficient (Wildman–Crippen LogP) is 5.81. The molecule has 27 heavy (non-hydrogen) atoms. The number of benzene rings is 3. The molecule has 0 fully saturated rings. The highest BCUT2D eigenvalue weighted by Crippen LogP contribution is 2.26. The molecule has 136 valence electrons. The smallest absolute Gasteiger partial charge is 0.255 e. The Labute approximate surface area is 167 Å². The highest BCUT2D eigenvalue weighted by atomic mass is 35.5. The number of amides is 2. The van der Waals surface area contributed by atoms with Crippen LogP contribution >= 0.6 is 23.2 Å². The summed E-state index contributed by atoms with van der Waals surface area (Å²) in [6, 6.07) is 18.9. The van der Waals surface area contributed by atoms with Gasteiger partial charge in [-0.05, 0) is 55.0 Å². The first kappa shape index (κ1) is 19.0. The molecule has 0 aliphatic carbocycles. The van der Waals surface area contributed by atoms with Crippen LogP contribution in [0.1, 0.15) is 26.3 Å². The molecular formula is C21H16Cl2N2O2. The van der Waals surface area contributed by atoms with Gasteiger partial charge in [0, 0.05) is 22.5 Å². The van der Waals surface area contributed by atoms with E-state index in [4.69, 9.17) is 23.2 Å². The molecule has 0 saturated heterocycles. The van der Waals surface area contributed by atoms with Crippen LogP contribution in [-0.4, -0.2) is 11.8 Å². The molecule has 0 heterocycles. The topological polar surface area (TPSA) is 58.2 Å². The summed E-state index contributed by atoms with van der Waals surface area (Å²) in [5.41, 5.74) is 2.92. The molecule has 0 aromatic heterocycles. The van der Waals surface area contributed by atoms with Gasteiger partial charge < -0.3 is 10.6 Å². The molecule has 4 nitrogen and oxygen atoms in total. The number of hydrogen-bond acceptors (Lipinski definition) is 2. The van der Waals surface area contributed by atoms with Crippen molar-refractivity contribution in [3.63, 3.8) is 0 Å². The second-order valence-electron chi connectivity index (χ2n) is 5.93. The quantitative estimate of drug-likeness (QED) is 0.582. The number of anilines is 2. The molecule has 3 aromatic rings. The third-order valence-electron chi connectivity index (χ3n) is 3.96. The van der Waals surface area contributed by atoms with Crippen LogP contribution in [0.3, 0.4) is 0 Å². The van der Waals surface area contributed by atoms with Crippen molar-refractivity contribution >= 4 is 46.4 Å². The first-order valence-corrected chi connectivity index (χ1v) is 8.93. The van der Waals surface area contributed by atoms with Crippen LogP contribution in [0.4, 0.5) is 11.4 Å². The second kappa shape index (κ2) is 8.25. The normalized spacial score (nSPS) is 10.3. The third-order valence-corrected chi connectivity index (χ3v) is 4.70. The highest BCUT2D eigenvalue weighted by Gasteiger charge is 2.12. The van der Waals surface area contributed by atoms with E-state index in [9.17, 15) is 9.59 Å². The fraction of sp³-hybridized carbons (Fsp3) is 0.0476. The summed E-state index contributed by atoms with van der Waals surface area (Å²) in [5.74, 6) is -0.552. The summed E-state index contributed by atoms with van der Waals surface area (Å²) in [6.07, 6.45) is 0. The lowest BCUT2D eigenvalue weighted by molar-refractivity contribution is 0.101. The molecule has 0 aliphatic rings. The molecule has 0 saturated carbocycles. The maximum atomic E-state index is 12.5. The average molecular weight is 399 g/mol. The summed E-state index contributed by atoms with van der Waals surface area (Å²) >= 11 is 11.9. The molecule has 3 aromatic carbocycles. The van der Waals surface area contributed by atoms with Crippen LogP contribution in [0.5, 0.6) is 0 Å². The van der Waals surface area contributed by atoms with Gasteiger partial charge in [0.05, 0.1) is 10.0 Å². The van der Waals surface area contributed by atoms with E-state index in [-0.39, 0.29) is 11.8 Å². The maximum Gasteiger partial charge on any atom is 0.255 e. The van der Waals surface area contributed by atoms with E-state index in [1.54, 1.807) is 60.7 Å². The van der Waals surface area contributed by atoms with Gasteiger partial charge >= 0.3 is 0 Å². The summed E-state index contributed by atoms with van der Waals surface area (Å²) < 4.78 is 0. The lowest BCUT2D eigenvalue weighted by Gasteiger charge is -2.11. The Morgan fingerprint density at radius 3 is 2.15 bits per heavy atom. The van der Waals surface area contributed by atoms with Crippen LogP contribution in [0.2, 0.25) is 10.0 Å². The van der Waals surface area contributed by atoms with Crippen LogP contribution in [0, 0.1) is 6.92 Å². The highest BCUT2D eigenvalue weighted by molar-refractivity contribution is 6.42. The molecular weight excluding hydrogens is 383 g/mol. The fourth-order valence-corrected chi connectivity index (χ4v) is 2.76. The Kier molecular flexibility index (Phi) is 5.79. The minimum Gasteiger partial charge on any atom is -0.322 e. The van der Waals surface area contributed by atoms with Gasteiger partial charge in [0.15, 0.2) is 0 Å². The Morgan fingerprint density at radius 1 is 0.741 bits per heavy atom. The molecule has 0 bridgehead atoms. The van der Waals surface area contributed by atoms with Crippen molar-refractivity contribution in [2.24, 2.45) is 0 Å². The average Bonchev–Trinajstić information content (AvgIpc) is 2.67. The first-order valence-electron chi connectivity index (χ1n) is 8.17. The zero-order chi connectivity index (χ0) is 19.4. The lowest BCUT2D eigenvalue weighted by Crippen LogP contribution is -2.15. The zero-order valence-electron chi connectivity index (χ0n) is 14.4. The molecule has 6 heteroatoms. The Morgan fingerprint density at radius 2 is 1.44 bits per heavy atom. The minimum absolute atomic E-state index is 0.235. The minimum atomic E-state index is -0.316. The van der Waals surface area contributed by atoms with Crippen LogP contribution in [0.15, 0.2) is 66.7 Å². The van der Waals surface area contributed by atoms with Gasteiger partial charge in [-0.25, -0.2) is 0 Å². The fourth-order valence-electron chi connectivity index (χ4n) is 2.46. The Hall–Kier alpha value is -2.82. The van der Waals surface area contributed by atoms with Crippen molar-refractivity contribution < 1.29 is 9.59 Å². The van der Waals surface area contributed by atoms with E-state index in [1.165, 1.54) is 0 Å². The largest absolute Gasteiger partial charge is 0.322 e. The molecule has 0 atom stereocenters. The molecule has 0 spiro atoms. The molecule has 0 aliphatic heterocycles. The zero-order valence-corrected chi connectivity index (χ0v) is 15.9. The van der Waals surface area contributed by atoms with Crippen molar-refractivity contribution in [1.82, 2.24) is 0 Å². The monoisotopic (exact) mass is 398 g/mol. The van der Waals surface area contributed by atoms with Crippen molar-refractivity contribution in [2.75, 3.05) is 10.6 Å². The lowest BCUT2D eigenvalue weighted by atomic mass is 10.1. The number of halogens is 2. The van der Waals surface area contributed by atoms with Gasteiger partial charge in [-0.15, -0.1) is 0 Å². The van der Waals surface area contributed by atoms with Crippen LogP contribution < -0.4 is 10.6 Å². The van der Waals surface area contributed by atoms with Crippen molar-refractivity contribution in [1.29, 1.82) is 0 Å². The molecule has 3 rings (SSSR count). The van der Waals surface area contributed by atoms with Gasteiger partial charge in [-0.3, -0.25) is 9.59 Å². The van der Waals surface area contributed by atoms with Gasteiger partial charge in [0.25, 0.3) is 11.8 Å². The Balaban J connectivity index is 1.78. The van der Waals surface area contributed by atoms with Crippen molar-refractivity contribution in [3.8, 4) is 0 Å². The molecule has 0 radical (unpaired) electrons. The van der Waals surface area contributed by atoms with E-state index in [2.05, 4.69) is 10.6 Å². The first-order chi connectivity index (χ1) is 12.9. The third kappa shape index (κ3) is 4.67. The van der Waals surface area contributed by atoms with Crippen LogP contribution in [0.25, 0.3) is 0 Å². The van der Waals surface area contributed by atoms with Crippen molar-refractivity contribution in [3.05, 3.63) is 93.5 Å². The standard InChI is InChI=1S/C21H16Cl2N2O2/c1-13-7-8-15(21(27)24-16-9-10-17(22)18(23)12-16)11-19(13)25-20(26)14-5-3-2-4-6-14/h2-12H,1H3,(H,24,27)(H,25,26). The molecule has 2 N–H and O–H groups in total. The van der Waals surface area contributed by atoms with Crippen molar-refractivity contribution in [2.45, 2.75) is 6.92 Å². The van der Waals surface area contributed by atoms with Gasteiger partial charge in [-0.2, -0.15) is 0 Å². The number of carbonyl (C=O) groups is 2. The summed E-state index contributed by atoms with van der Waals surface area (Å²) in [6.45, 7) is 1.86. The summed E-state index contributed by atoms with van der Waals surface area (Å²) in [4.78, 5) is 24.9. The molecule has 0 unspecified atom stereocenters. The van der Waals surface area contributed by atoms with Gasteiger partial charge in [0.1, 0.15) is 0 Å². The summed E-state index contributed by atoms with van der Waals surface area (Å²) in [7, 11) is 0. The summed E-state index contributed by atoms with van der Waals surface area (Å²) in [5, 5.41) is 6.38. The van der Waals surface area contributed by atoms with E-state index >= 15 is 0 Å². The predicted molar refractivity (Wildman–Crippen MR) is 110 cm³/mol. The van der Waals surface area contributed by atoms with E-state index in [0.717, 1.165) is 5.56 Å². The van der Waals surface area contributed by atoms with Crippen LogP contribution in [-0.2, 0) is 0 Å². The second-order valence-corrected chi connectivity index (χ2v) is 6.75. The van der Waals surface area contributed by atoms with E-state index in [1.807, 2.05) is 13.0 Å². The number of nitrogens with one attached hydrogen (secondary N) is 2. The number of hydrogen-bond donors (Lipinski definition) is 2. The number of carbonyl (C=O) groups excluding carboxylic acids is 2. The van der Waals surface area contributed by atoms with Gasteiger partial charge in [0.2, 0.25) is 0 Å². The SMILES string of the molecule is Cc1ccc(C(=O)Nc2ccc(Cl)c(Cl)c2)cc1NC(=O)c1ccccc1. The van der Waals surface area contributed by atoms with E-state index < -0.39 is 0 Å². The maximum absolute atomic E-state index is 12.5. The number of aryl methyl sites for hydroxylation is 1. The van der Waals surface area contributed by atoms with Gasteiger partial charge in [-0.1, -0.05) is 47.5 Å². The number of rotatable bonds is 4. The molecule has 2 amide bonds. The van der Waals surface area contributed by atoms with E-state index in [0.29, 0.717) is 32.5 Å².